The van der Waals surface area contributed by atoms with E-state index in [9.17, 15) is 4.79 Å². The number of carbonyl (C=O) groups excluding carboxylic acids is 1. The summed E-state index contributed by atoms with van der Waals surface area (Å²) < 4.78 is 0. The van der Waals surface area contributed by atoms with E-state index < -0.39 is 0 Å². The molecule has 0 spiro atoms. The smallest absolute Gasteiger partial charge is 0.220 e. The molecule has 17 heavy (non-hydrogen) atoms. The van der Waals surface area contributed by atoms with E-state index in [1.54, 1.807) is 6.08 Å². The van der Waals surface area contributed by atoms with E-state index in [1.807, 2.05) is 0 Å². The molecule has 0 bridgehead atoms. The molecule has 0 aromatic rings. The van der Waals surface area contributed by atoms with Gasteiger partial charge < -0.3 is 11.1 Å². The molecule has 0 fully saturated rings. The number of allylic oxidation sites excluding steroid dienone is 1. The summed E-state index contributed by atoms with van der Waals surface area (Å²) in [6.07, 6.45) is 9.85. The average molecular weight is 240 g/mol. The van der Waals surface area contributed by atoms with Gasteiger partial charge in [-0.2, -0.15) is 0 Å². The average Bonchev–Trinajstić information content (AvgIpc) is 2.33. The minimum atomic E-state index is 0.125. The van der Waals surface area contributed by atoms with Crippen LogP contribution >= 0.6 is 0 Å². The van der Waals surface area contributed by atoms with Crippen molar-refractivity contribution in [1.82, 2.24) is 5.32 Å². The first kappa shape index (κ1) is 16.2. The number of hydrogen-bond donors (Lipinski definition) is 2. The van der Waals surface area contributed by atoms with Crippen molar-refractivity contribution in [3.8, 4) is 0 Å². The third-order valence-corrected chi connectivity index (χ3v) is 2.83. The van der Waals surface area contributed by atoms with Crippen molar-refractivity contribution in [3.05, 3.63) is 12.7 Å². The van der Waals surface area contributed by atoms with Crippen LogP contribution in [0.5, 0.6) is 0 Å². The first-order valence-electron chi connectivity index (χ1n) is 6.83. The highest BCUT2D eigenvalue weighted by molar-refractivity contribution is 5.75. The predicted molar refractivity (Wildman–Crippen MR) is 73.8 cm³/mol. The van der Waals surface area contributed by atoms with Crippen LogP contribution in [-0.2, 0) is 4.79 Å². The number of rotatable bonds is 11. The second-order valence-electron chi connectivity index (χ2n) is 4.58. The van der Waals surface area contributed by atoms with Gasteiger partial charge in [0, 0.05) is 19.0 Å². The van der Waals surface area contributed by atoms with E-state index in [1.165, 1.54) is 12.8 Å². The Morgan fingerprint density at radius 2 is 2.06 bits per heavy atom. The molecule has 1 amide bonds. The van der Waals surface area contributed by atoms with Gasteiger partial charge in [0.05, 0.1) is 0 Å². The summed E-state index contributed by atoms with van der Waals surface area (Å²) in [7, 11) is 0. The van der Waals surface area contributed by atoms with Crippen LogP contribution in [0.4, 0.5) is 0 Å². The highest BCUT2D eigenvalue weighted by Gasteiger charge is 2.02. The van der Waals surface area contributed by atoms with Crippen molar-refractivity contribution in [3.63, 3.8) is 0 Å². The maximum atomic E-state index is 11.3. The quantitative estimate of drug-likeness (QED) is 0.431. The third kappa shape index (κ3) is 11.4. The van der Waals surface area contributed by atoms with Crippen LogP contribution in [0.3, 0.4) is 0 Å². The Kier molecular flexibility index (Phi) is 11.1. The van der Waals surface area contributed by atoms with Gasteiger partial charge in [-0.15, -0.1) is 6.58 Å². The van der Waals surface area contributed by atoms with E-state index in [0.717, 1.165) is 38.6 Å². The molecule has 0 rings (SSSR count). The largest absolute Gasteiger partial charge is 0.356 e. The van der Waals surface area contributed by atoms with E-state index in [2.05, 4.69) is 18.8 Å². The molecule has 0 heterocycles. The Balaban J connectivity index is 3.27. The molecule has 100 valence electrons. The van der Waals surface area contributed by atoms with E-state index >= 15 is 0 Å². The summed E-state index contributed by atoms with van der Waals surface area (Å²) in [6, 6.07) is 0.339. The zero-order chi connectivity index (χ0) is 12.9. The maximum absolute atomic E-state index is 11.3. The third-order valence-electron chi connectivity index (χ3n) is 2.83. The Morgan fingerprint density at radius 3 is 2.71 bits per heavy atom. The molecule has 0 radical (unpaired) electrons. The second-order valence-corrected chi connectivity index (χ2v) is 4.58. The summed E-state index contributed by atoms with van der Waals surface area (Å²) in [5.41, 5.74) is 5.97. The number of nitrogens with two attached hydrogens (primary N) is 1. The van der Waals surface area contributed by atoms with Crippen LogP contribution in [-0.4, -0.2) is 18.5 Å². The van der Waals surface area contributed by atoms with Gasteiger partial charge in [-0.3, -0.25) is 4.79 Å². The topological polar surface area (TPSA) is 55.1 Å². The molecule has 0 aliphatic rings. The Bertz CT molecular complexity index is 204. The van der Waals surface area contributed by atoms with Crippen molar-refractivity contribution in [2.75, 3.05) is 6.54 Å². The first-order chi connectivity index (χ1) is 8.20. The van der Waals surface area contributed by atoms with Crippen molar-refractivity contribution in [1.29, 1.82) is 0 Å². The van der Waals surface area contributed by atoms with Gasteiger partial charge in [0.15, 0.2) is 0 Å². The molecule has 3 nitrogen and oxygen atoms in total. The van der Waals surface area contributed by atoms with Gasteiger partial charge in [0.2, 0.25) is 5.91 Å². The lowest BCUT2D eigenvalue weighted by Crippen LogP contribution is -2.24. The summed E-state index contributed by atoms with van der Waals surface area (Å²) in [5, 5.41) is 2.91. The van der Waals surface area contributed by atoms with E-state index in [-0.39, 0.29) is 5.91 Å². The minimum Gasteiger partial charge on any atom is -0.356 e. The van der Waals surface area contributed by atoms with E-state index in [4.69, 9.17) is 5.73 Å². The fourth-order valence-electron chi connectivity index (χ4n) is 1.69. The normalized spacial score (nSPS) is 12.1. The molecule has 0 aliphatic carbocycles. The Morgan fingerprint density at radius 1 is 1.35 bits per heavy atom. The van der Waals surface area contributed by atoms with Crippen LogP contribution in [0.25, 0.3) is 0 Å². The number of hydrogen-bond acceptors (Lipinski definition) is 2. The standard InChI is InChI=1S/C14H28N2O/c1-3-5-9-13(15)10-7-8-12-16-14(17)11-6-4-2/h4,13H,2-3,5-12,15H2,1H3,(H,16,17). The van der Waals surface area contributed by atoms with Crippen LogP contribution < -0.4 is 11.1 Å². The fraction of sp³-hybridized carbons (Fsp3) is 0.786. The SMILES string of the molecule is C=CCCC(=O)NCCCCC(N)CCCC. The van der Waals surface area contributed by atoms with Gasteiger partial charge in [-0.25, -0.2) is 0 Å². The molecule has 0 saturated carbocycles. The fourth-order valence-corrected chi connectivity index (χ4v) is 1.69. The molecule has 0 aliphatic heterocycles. The predicted octanol–water partition coefficient (Wildman–Crippen LogP) is 2.76. The van der Waals surface area contributed by atoms with Crippen LogP contribution in [0, 0.1) is 0 Å². The molecular formula is C14H28N2O. The number of carbonyl (C=O) groups is 1. The molecule has 1 unspecified atom stereocenters. The zero-order valence-corrected chi connectivity index (χ0v) is 11.2. The van der Waals surface area contributed by atoms with Crippen LogP contribution in [0.1, 0.15) is 58.3 Å². The van der Waals surface area contributed by atoms with Gasteiger partial charge in [0.1, 0.15) is 0 Å². The second kappa shape index (κ2) is 11.6. The molecule has 0 saturated heterocycles. The number of unbranched alkanes of at least 4 members (excludes halogenated alkanes) is 2. The van der Waals surface area contributed by atoms with Gasteiger partial charge >= 0.3 is 0 Å². The van der Waals surface area contributed by atoms with Gasteiger partial charge in [-0.1, -0.05) is 32.3 Å². The Hall–Kier alpha value is -0.830. The Labute approximate surface area is 106 Å². The summed E-state index contributed by atoms with van der Waals surface area (Å²) >= 11 is 0. The first-order valence-corrected chi connectivity index (χ1v) is 6.83. The van der Waals surface area contributed by atoms with Gasteiger partial charge in [-0.05, 0) is 25.7 Å². The van der Waals surface area contributed by atoms with E-state index in [0.29, 0.717) is 12.5 Å². The molecule has 3 heteroatoms. The summed E-state index contributed by atoms with van der Waals surface area (Å²) in [5.74, 6) is 0.125. The van der Waals surface area contributed by atoms with Crippen LogP contribution in [0.2, 0.25) is 0 Å². The monoisotopic (exact) mass is 240 g/mol. The van der Waals surface area contributed by atoms with Crippen molar-refractivity contribution in [2.45, 2.75) is 64.3 Å². The lowest BCUT2D eigenvalue weighted by molar-refractivity contribution is -0.121. The summed E-state index contributed by atoms with van der Waals surface area (Å²) in [4.78, 5) is 11.3. The molecule has 3 N–H and O–H groups in total. The van der Waals surface area contributed by atoms with Crippen molar-refractivity contribution >= 4 is 5.91 Å². The lowest BCUT2D eigenvalue weighted by atomic mass is 10.0. The number of amides is 1. The van der Waals surface area contributed by atoms with Crippen molar-refractivity contribution < 1.29 is 4.79 Å². The molecular weight excluding hydrogens is 212 g/mol. The molecule has 1 atom stereocenters. The minimum absolute atomic E-state index is 0.125. The molecule has 0 aromatic heterocycles. The zero-order valence-electron chi connectivity index (χ0n) is 11.2. The van der Waals surface area contributed by atoms with Crippen LogP contribution in [0.15, 0.2) is 12.7 Å². The summed E-state index contributed by atoms with van der Waals surface area (Å²) in [6.45, 7) is 6.55. The highest BCUT2D eigenvalue weighted by Crippen LogP contribution is 2.05. The molecule has 0 aromatic carbocycles. The van der Waals surface area contributed by atoms with Gasteiger partial charge in [0.25, 0.3) is 0 Å². The highest BCUT2D eigenvalue weighted by atomic mass is 16.1. The van der Waals surface area contributed by atoms with Crippen molar-refractivity contribution in [2.24, 2.45) is 5.73 Å². The lowest BCUT2D eigenvalue weighted by Gasteiger charge is -2.10. The maximum Gasteiger partial charge on any atom is 0.220 e. The number of nitrogens with one attached hydrogen (secondary N) is 1.